The van der Waals surface area contributed by atoms with Crippen molar-refractivity contribution in [2.24, 2.45) is 5.92 Å². The fraction of sp³-hybridized carbons (Fsp3) is 0.500. The van der Waals surface area contributed by atoms with Gasteiger partial charge in [-0.2, -0.15) is 5.10 Å². The minimum Gasteiger partial charge on any atom is -0.396 e. The van der Waals surface area contributed by atoms with Crippen LogP contribution in [-0.2, 0) is 6.54 Å². The molecule has 0 fully saturated rings. The molecule has 1 atom stereocenters. The topological polar surface area (TPSA) is 50.1 Å². The van der Waals surface area contributed by atoms with Crippen LogP contribution in [0.5, 0.6) is 0 Å². The summed E-state index contributed by atoms with van der Waals surface area (Å²) in [4.78, 5) is 0. The molecule has 1 aromatic heterocycles. The molecule has 0 amide bonds. The summed E-state index contributed by atoms with van der Waals surface area (Å²) in [5.74, 6) is -0.802. The van der Waals surface area contributed by atoms with E-state index in [0.717, 1.165) is 42.4 Å². The highest BCUT2D eigenvalue weighted by Crippen LogP contribution is 2.21. The summed E-state index contributed by atoms with van der Waals surface area (Å²) in [6.45, 7) is 7.50. The van der Waals surface area contributed by atoms with Gasteiger partial charge < -0.3 is 10.4 Å². The highest BCUT2D eigenvalue weighted by molar-refractivity contribution is 5.38. The quantitative estimate of drug-likeness (QED) is 0.777. The summed E-state index contributed by atoms with van der Waals surface area (Å²) in [6, 6.07) is 3.49. The summed E-state index contributed by atoms with van der Waals surface area (Å²) in [6.07, 6.45) is 1.78. The summed E-state index contributed by atoms with van der Waals surface area (Å²) in [5.41, 5.74) is 2.91. The Kier molecular flexibility index (Phi) is 6.45. The maximum absolute atomic E-state index is 14.0. The van der Waals surface area contributed by atoms with E-state index >= 15 is 0 Å². The van der Waals surface area contributed by atoms with E-state index in [9.17, 15) is 8.78 Å². The van der Waals surface area contributed by atoms with Crippen LogP contribution in [0.2, 0.25) is 0 Å². The fourth-order valence-electron chi connectivity index (χ4n) is 2.85. The van der Waals surface area contributed by atoms with E-state index in [0.29, 0.717) is 12.5 Å². The number of hydrogen-bond acceptors (Lipinski definition) is 3. The number of aromatic nitrogens is 2. The predicted octanol–water partition coefficient (Wildman–Crippen LogP) is 3.27. The minimum absolute atomic E-state index is 0.194. The Hall–Kier alpha value is -1.79. The molecule has 0 saturated carbocycles. The van der Waals surface area contributed by atoms with Crippen LogP contribution < -0.4 is 5.32 Å². The average molecular weight is 337 g/mol. The van der Waals surface area contributed by atoms with Crippen LogP contribution in [0.1, 0.15) is 36.7 Å². The van der Waals surface area contributed by atoms with Gasteiger partial charge in [0, 0.05) is 30.5 Å². The molecule has 0 spiro atoms. The summed E-state index contributed by atoms with van der Waals surface area (Å²) < 4.78 is 28.6. The predicted molar refractivity (Wildman–Crippen MR) is 90.1 cm³/mol. The molecule has 1 aromatic carbocycles. The normalized spacial score (nSPS) is 12.6. The summed E-state index contributed by atoms with van der Waals surface area (Å²) >= 11 is 0. The molecule has 4 nitrogen and oxygen atoms in total. The second-order valence-electron chi connectivity index (χ2n) is 6.07. The molecule has 2 N–H and O–H groups in total. The Morgan fingerprint density at radius 2 is 2.04 bits per heavy atom. The second kappa shape index (κ2) is 8.35. The lowest BCUT2D eigenvalue weighted by atomic mass is 10.0. The van der Waals surface area contributed by atoms with Crippen molar-refractivity contribution in [1.82, 2.24) is 15.1 Å². The van der Waals surface area contributed by atoms with Gasteiger partial charge in [0.1, 0.15) is 11.5 Å². The van der Waals surface area contributed by atoms with Crippen molar-refractivity contribution >= 4 is 0 Å². The lowest BCUT2D eigenvalue weighted by Gasteiger charge is -2.14. The smallest absolute Gasteiger partial charge is 0.151 e. The molecule has 1 heterocycles. The molecule has 24 heavy (non-hydrogen) atoms. The average Bonchev–Trinajstić information content (AvgIpc) is 2.82. The van der Waals surface area contributed by atoms with Crippen molar-refractivity contribution < 1.29 is 13.9 Å². The van der Waals surface area contributed by atoms with E-state index in [1.165, 1.54) is 16.8 Å². The Balaban J connectivity index is 2.14. The molecule has 2 aromatic rings. The number of hydrogen-bond donors (Lipinski definition) is 2. The van der Waals surface area contributed by atoms with E-state index in [4.69, 9.17) is 5.11 Å². The molecule has 0 saturated heterocycles. The van der Waals surface area contributed by atoms with E-state index in [-0.39, 0.29) is 12.3 Å². The number of halogens is 2. The third-order valence-electron chi connectivity index (χ3n) is 4.43. The van der Waals surface area contributed by atoms with Gasteiger partial charge in [-0.3, -0.25) is 0 Å². The third kappa shape index (κ3) is 4.19. The van der Waals surface area contributed by atoms with Crippen LogP contribution in [0.3, 0.4) is 0 Å². The Labute approximate surface area is 141 Å². The summed E-state index contributed by atoms with van der Waals surface area (Å²) in [7, 11) is 0. The van der Waals surface area contributed by atoms with E-state index in [2.05, 4.69) is 17.3 Å². The van der Waals surface area contributed by atoms with Crippen LogP contribution >= 0.6 is 0 Å². The molecule has 132 valence electrons. The second-order valence-corrected chi connectivity index (χ2v) is 6.07. The molecule has 6 heteroatoms. The van der Waals surface area contributed by atoms with Crippen molar-refractivity contribution in [3.8, 4) is 5.69 Å². The van der Waals surface area contributed by atoms with Gasteiger partial charge in [0.05, 0.1) is 5.69 Å². The zero-order valence-electron chi connectivity index (χ0n) is 14.4. The van der Waals surface area contributed by atoms with Crippen molar-refractivity contribution in [3.05, 3.63) is 46.8 Å². The van der Waals surface area contributed by atoms with Crippen molar-refractivity contribution in [1.29, 1.82) is 0 Å². The first-order valence-corrected chi connectivity index (χ1v) is 8.30. The van der Waals surface area contributed by atoms with Crippen molar-refractivity contribution in [3.63, 3.8) is 0 Å². The van der Waals surface area contributed by atoms with Crippen molar-refractivity contribution in [2.45, 2.75) is 40.2 Å². The molecule has 1 unspecified atom stereocenters. The molecule has 0 radical (unpaired) electrons. The SMILES string of the molecule is CCC(CCO)CNCc1c(C)nn(-c2ccc(F)cc2F)c1C. The number of aliphatic hydroxyl groups is 1. The van der Waals surface area contributed by atoms with E-state index in [1.807, 2.05) is 13.8 Å². The van der Waals surface area contributed by atoms with Gasteiger partial charge in [-0.25, -0.2) is 13.5 Å². The molecule has 0 aliphatic carbocycles. The van der Waals surface area contributed by atoms with Gasteiger partial charge in [0.2, 0.25) is 0 Å². The fourth-order valence-corrected chi connectivity index (χ4v) is 2.85. The number of rotatable bonds is 8. The third-order valence-corrected chi connectivity index (χ3v) is 4.43. The van der Waals surface area contributed by atoms with Crippen LogP contribution in [0.4, 0.5) is 8.78 Å². The van der Waals surface area contributed by atoms with Gasteiger partial charge >= 0.3 is 0 Å². The first-order chi connectivity index (χ1) is 11.5. The highest BCUT2D eigenvalue weighted by Gasteiger charge is 2.16. The number of benzene rings is 1. The number of aliphatic hydroxyl groups excluding tert-OH is 1. The Bertz CT molecular complexity index is 685. The van der Waals surface area contributed by atoms with Crippen LogP contribution in [0.15, 0.2) is 18.2 Å². The van der Waals surface area contributed by atoms with Crippen LogP contribution in [0, 0.1) is 31.4 Å². The number of aryl methyl sites for hydroxylation is 1. The molecule has 0 bridgehead atoms. The zero-order chi connectivity index (χ0) is 17.7. The maximum Gasteiger partial charge on any atom is 0.151 e. The van der Waals surface area contributed by atoms with Gasteiger partial charge in [0.15, 0.2) is 5.82 Å². The van der Waals surface area contributed by atoms with Crippen LogP contribution in [-0.4, -0.2) is 28.0 Å². The molecular formula is C18H25F2N3O. The zero-order valence-corrected chi connectivity index (χ0v) is 14.4. The Morgan fingerprint density at radius 1 is 1.29 bits per heavy atom. The molecule has 0 aliphatic rings. The number of nitrogens with one attached hydrogen (secondary N) is 1. The molecule has 0 aliphatic heterocycles. The minimum atomic E-state index is -0.630. The van der Waals surface area contributed by atoms with E-state index < -0.39 is 11.6 Å². The maximum atomic E-state index is 14.0. The Morgan fingerprint density at radius 3 is 2.67 bits per heavy atom. The van der Waals surface area contributed by atoms with Gasteiger partial charge in [-0.1, -0.05) is 13.3 Å². The first kappa shape index (κ1) is 18.5. The van der Waals surface area contributed by atoms with E-state index in [1.54, 1.807) is 0 Å². The van der Waals surface area contributed by atoms with Gasteiger partial charge in [-0.15, -0.1) is 0 Å². The van der Waals surface area contributed by atoms with Gasteiger partial charge in [0.25, 0.3) is 0 Å². The largest absolute Gasteiger partial charge is 0.396 e. The van der Waals surface area contributed by atoms with Crippen molar-refractivity contribution in [2.75, 3.05) is 13.2 Å². The molecular weight excluding hydrogens is 312 g/mol. The standard InChI is InChI=1S/C18H25F2N3O/c1-4-14(7-8-24)10-21-11-16-12(2)22-23(13(16)3)18-6-5-15(19)9-17(18)20/h5-6,9,14,21,24H,4,7-8,10-11H2,1-3H3. The van der Waals surface area contributed by atoms with Gasteiger partial charge in [-0.05, 0) is 44.9 Å². The lowest BCUT2D eigenvalue weighted by Crippen LogP contribution is -2.23. The number of nitrogens with zero attached hydrogens (tertiary/aromatic N) is 2. The summed E-state index contributed by atoms with van der Waals surface area (Å²) in [5, 5.41) is 16.8. The molecule has 2 rings (SSSR count). The monoisotopic (exact) mass is 337 g/mol. The lowest BCUT2D eigenvalue weighted by molar-refractivity contribution is 0.251. The first-order valence-electron chi connectivity index (χ1n) is 8.30. The van der Waals surface area contributed by atoms with Crippen LogP contribution in [0.25, 0.3) is 5.69 Å². The highest BCUT2D eigenvalue weighted by atomic mass is 19.1.